The maximum atomic E-state index is 12.7. The van der Waals surface area contributed by atoms with Crippen molar-refractivity contribution < 1.29 is 17.5 Å². The van der Waals surface area contributed by atoms with Gasteiger partial charge in [0.25, 0.3) is 0 Å². The molecule has 1 aromatic carbocycles. The third-order valence-electron chi connectivity index (χ3n) is 2.94. The summed E-state index contributed by atoms with van der Waals surface area (Å²) in [5.74, 6) is -0.450. The normalized spacial score (nSPS) is 23.7. The molecule has 0 aliphatic heterocycles. The monoisotopic (exact) mass is 273 g/mol. The van der Waals surface area contributed by atoms with Gasteiger partial charge in [0.15, 0.2) is 0 Å². The van der Waals surface area contributed by atoms with Crippen LogP contribution in [0.2, 0.25) is 0 Å². The predicted octanol–water partition coefficient (Wildman–Crippen LogP) is 1.67. The van der Waals surface area contributed by atoms with E-state index in [1.54, 1.807) is 0 Å². The Labute approximate surface area is 106 Å². The molecule has 6 heteroatoms. The highest BCUT2D eigenvalue weighted by Crippen LogP contribution is 2.25. The van der Waals surface area contributed by atoms with Gasteiger partial charge in [0.05, 0.1) is 11.0 Å². The van der Waals surface area contributed by atoms with Crippen molar-refractivity contribution in [3.63, 3.8) is 0 Å². The lowest BCUT2D eigenvalue weighted by Gasteiger charge is -2.35. The summed E-state index contributed by atoms with van der Waals surface area (Å²) >= 11 is 0. The smallest absolute Gasteiger partial charge is 0.240 e. The van der Waals surface area contributed by atoms with E-state index < -0.39 is 15.8 Å². The fourth-order valence-electron chi connectivity index (χ4n) is 1.93. The third-order valence-corrected chi connectivity index (χ3v) is 4.48. The van der Waals surface area contributed by atoms with Crippen molar-refractivity contribution in [2.45, 2.75) is 36.8 Å². The fraction of sp³-hybridized carbons (Fsp3) is 0.500. The van der Waals surface area contributed by atoms with Crippen LogP contribution in [0.4, 0.5) is 4.39 Å². The Morgan fingerprint density at radius 3 is 2.50 bits per heavy atom. The topological polar surface area (TPSA) is 55.4 Å². The number of nitrogens with one attached hydrogen (secondary N) is 1. The minimum Gasteiger partial charge on any atom is -0.378 e. The van der Waals surface area contributed by atoms with Crippen molar-refractivity contribution >= 4 is 10.0 Å². The Balaban J connectivity index is 1.95. The van der Waals surface area contributed by atoms with Gasteiger partial charge in [-0.3, -0.25) is 0 Å². The number of benzene rings is 1. The Hall–Kier alpha value is -0.980. The Kier molecular flexibility index (Phi) is 3.99. The molecule has 1 N–H and O–H groups in total. The molecule has 1 fully saturated rings. The quantitative estimate of drug-likeness (QED) is 0.888. The largest absolute Gasteiger partial charge is 0.378 e. The average molecular weight is 273 g/mol. The molecule has 0 radical (unpaired) electrons. The highest BCUT2D eigenvalue weighted by molar-refractivity contribution is 7.89. The summed E-state index contributed by atoms with van der Waals surface area (Å²) in [6.07, 6.45) is 1.53. The molecule has 0 spiro atoms. The molecule has 1 aliphatic rings. The summed E-state index contributed by atoms with van der Waals surface area (Å²) in [5, 5.41) is 0. The fourth-order valence-corrected chi connectivity index (χ4v) is 3.20. The molecule has 0 saturated heterocycles. The van der Waals surface area contributed by atoms with E-state index in [1.807, 2.05) is 6.92 Å². The van der Waals surface area contributed by atoms with Crippen molar-refractivity contribution in [1.82, 2.24) is 4.72 Å². The lowest BCUT2D eigenvalue weighted by Crippen LogP contribution is -2.47. The van der Waals surface area contributed by atoms with Gasteiger partial charge in [-0.2, -0.15) is 0 Å². The van der Waals surface area contributed by atoms with Gasteiger partial charge < -0.3 is 4.74 Å². The first-order valence-electron chi connectivity index (χ1n) is 5.91. The van der Waals surface area contributed by atoms with Gasteiger partial charge >= 0.3 is 0 Å². The summed E-state index contributed by atoms with van der Waals surface area (Å²) in [7, 11) is -3.55. The number of rotatable bonds is 5. The molecule has 0 unspecified atom stereocenters. The summed E-state index contributed by atoms with van der Waals surface area (Å²) in [5.41, 5.74) is 0. The molecule has 1 aromatic rings. The minimum atomic E-state index is -3.55. The number of hydrogen-bond donors (Lipinski definition) is 1. The maximum Gasteiger partial charge on any atom is 0.240 e. The van der Waals surface area contributed by atoms with Crippen molar-refractivity contribution in [3.05, 3.63) is 30.1 Å². The Morgan fingerprint density at radius 2 is 1.94 bits per heavy atom. The number of hydrogen-bond acceptors (Lipinski definition) is 3. The van der Waals surface area contributed by atoms with Crippen LogP contribution in [0, 0.1) is 5.82 Å². The first kappa shape index (κ1) is 13.5. The molecular weight excluding hydrogens is 257 g/mol. The lowest BCUT2D eigenvalue weighted by molar-refractivity contribution is -0.00475. The predicted molar refractivity (Wildman–Crippen MR) is 65.2 cm³/mol. The molecule has 2 rings (SSSR count). The van der Waals surface area contributed by atoms with E-state index in [9.17, 15) is 12.8 Å². The van der Waals surface area contributed by atoms with E-state index in [4.69, 9.17) is 4.74 Å². The van der Waals surface area contributed by atoms with Crippen LogP contribution in [0.1, 0.15) is 19.8 Å². The summed E-state index contributed by atoms with van der Waals surface area (Å²) in [6, 6.07) is 4.71. The SMILES string of the molecule is CCOC1CC(NS(=O)(=O)c2ccc(F)cc2)C1. The zero-order valence-electron chi connectivity index (χ0n) is 10.1. The second kappa shape index (κ2) is 5.34. The number of ether oxygens (including phenoxy) is 1. The van der Waals surface area contributed by atoms with E-state index in [1.165, 1.54) is 12.1 Å². The molecule has 1 saturated carbocycles. The molecular formula is C12H16FNO3S. The van der Waals surface area contributed by atoms with E-state index in [0.717, 1.165) is 12.1 Å². The van der Waals surface area contributed by atoms with Crippen molar-refractivity contribution in [2.24, 2.45) is 0 Å². The van der Waals surface area contributed by atoms with Gasteiger partial charge in [-0.1, -0.05) is 0 Å². The van der Waals surface area contributed by atoms with E-state index in [0.29, 0.717) is 19.4 Å². The van der Waals surface area contributed by atoms with Crippen LogP contribution >= 0.6 is 0 Å². The molecule has 100 valence electrons. The number of sulfonamides is 1. The van der Waals surface area contributed by atoms with E-state index >= 15 is 0 Å². The van der Waals surface area contributed by atoms with Crippen molar-refractivity contribution in [3.8, 4) is 0 Å². The van der Waals surface area contributed by atoms with Crippen LogP contribution in [-0.2, 0) is 14.8 Å². The van der Waals surface area contributed by atoms with E-state index in [2.05, 4.69) is 4.72 Å². The van der Waals surface area contributed by atoms with Gasteiger partial charge in [0, 0.05) is 12.6 Å². The molecule has 0 amide bonds. The highest BCUT2D eigenvalue weighted by Gasteiger charge is 2.33. The molecule has 1 aliphatic carbocycles. The summed E-state index contributed by atoms with van der Waals surface area (Å²) in [4.78, 5) is 0.0868. The van der Waals surface area contributed by atoms with Crippen LogP contribution in [0.3, 0.4) is 0 Å². The second-order valence-corrected chi connectivity index (χ2v) is 6.03. The molecule has 18 heavy (non-hydrogen) atoms. The molecule has 0 heterocycles. The van der Waals surface area contributed by atoms with Gasteiger partial charge in [-0.25, -0.2) is 17.5 Å². The van der Waals surface area contributed by atoms with Crippen LogP contribution in [0.25, 0.3) is 0 Å². The second-order valence-electron chi connectivity index (χ2n) is 4.32. The molecule has 4 nitrogen and oxygen atoms in total. The third kappa shape index (κ3) is 3.07. The maximum absolute atomic E-state index is 12.7. The average Bonchev–Trinajstić information content (AvgIpc) is 2.27. The summed E-state index contributed by atoms with van der Waals surface area (Å²) in [6.45, 7) is 2.55. The first-order chi connectivity index (χ1) is 8.51. The van der Waals surface area contributed by atoms with Gasteiger partial charge in [0.2, 0.25) is 10.0 Å². The number of halogens is 1. The van der Waals surface area contributed by atoms with Gasteiger partial charge in [-0.05, 0) is 44.0 Å². The lowest BCUT2D eigenvalue weighted by atomic mass is 9.90. The molecule has 0 atom stereocenters. The zero-order valence-corrected chi connectivity index (χ0v) is 10.9. The van der Waals surface area contributed by atoms with Crippen molar-refractivity contribution in [2.75, 3.05) is 6.61 Å². The summed E-state index contributed by atoms with van der Waals surface area (Å²) < 4.78 is 44.5. The Bertz CT molecular complexity index is 495. The first-order valence-corrected chi connectivity index (χ1v) is 7.39. The van der Waals surface area contributed by atoms with Crippen LogP contribution in [0.5, 0.6) is 0 Å². The van der Waals surface area contributed by atoms with E-state index in [-0.39, 0.29) is 17.0 Å². The molecule has 0 bridgehead atoms. The standard InChI is InChI=1S/C12H16FNO3S/c1-2-17-11-7-10(8-11)14-18(15,16)12-5-3-9(13)4-6-12/h3-6,10-11,14H,2,7-8H2,1H3. The van der Waals surface area contributed by atoms with Gasteiger partial charge in [-0.15, -0.1) is 0 Å². The molecule has 0 aromatic heterocycles. The van der Waals surface area contributed by atoms with Crippen LogP contribution < -0.4 is 4.72 Å². The van der Waals surface area contributed by atoms with Crippen LogP contribution in [-0.4, -0.2) is 27.2 Å². The van der Waals surface area contributed by atoms with Crippen molar-refractivity contribution in [1.29, 1.82) is 0 Å². The zero-order chi connectivity index (χ0) is 13.2. The highest BCUT2D eigenvalue weighted by atomic mass is 32.2. The Morgan fingerprint density at radius 1 is 1.33 bits per heavy atom. The van der Waals surface area contributed by atoms with Crippen LogP contribution in [0.15, 0.2) is 29.2 Å². The minimum absolute atomic E-state index is 0.0865. The van der Waals surface area contributed by atoms with Gasteiger partial charge in [0.1, 0.15) is 5.82 Å².